The molecule has 1 heterocycles. The van der Waals surface area contributed by atoms with Crippen molar-refractivity contribution in [1.82, 2.24) is 0 Å². The van der Waals surface area contributed by atoms with Crippen molar-refractivity contribution in [2.45, 2.75) is 13.8 Å². The van der Waals surface area contributed by atoms with Crippen molar-refractivity contribution in [3.05, 3.63) is 35.0 Å². The van der Waals surface area contributed by atoms with Crippen molar-refractivity contribution in [2.75, 3.05) is 0 Å². The largest absolute Gasteiger partial charge is 0.151 e. The van der Waals surface area contributed by atoms with E-state index in [1.165, 1.54) is 11.1 Å². The highest BCUT2D eigenvalue weighted by atomic mass is 32.1. The molecule has 0 atom stereocenters. The van der Waals surface area contributed by atoms with Crippen LogP contribution in [0.15, 0.2) is 23.9 Å². The van der Waals surface area contributed by atoms with Crippen molar-refractivity contribution in [1.29, 1.82) is 0 Å². The van der Waals surface area contributed by atoms with E-state index < -0.39 is 0 Å². The zero-order valence-corrected chi connectivity index (χ0v) is 7.79. The number of rotatable bonds is 2. The van der Waals surface area contributed by atoms with Crippen LogP contribution in [0.5, 0.6) is 0 Å². The second kappa shape index (κ2) is 3.05. The fourth-order valence-corrected chi connectivity index (χ4v) is 1.95. The molecule has 1 rings (SSSR count). The lowest BCUT2D eigenvalue weighted by Crippen LogP contribution is -1.80. The number of thiophene rings is 1. The molecule has 0 aliphatic rings. The lowest BCUT2D eigenvalue weighted by atomic mass is 10.0. The van der Waals surface area contributed by atoms with Crippen LogP contribution < -0.4 is 0 Å². The van der Waals surface area contributed by atoms with Crippen LogP contribution in [-0.2, 0) is 0 Å². The number of allylic oxidation sites excluding steroid dienone is 2. The van der Waals surface area contributed by atoms with Crippen molar-refractivity contribution in [2.24, 2.45) is 0 Å². The average Bonchev–Trinajstić information content (AvgIpc) is 2.32. The Bertz CT molecular complexity index is 263. The summed E-state index contributed by atoms with van der Waals surface area (Å²) in [5.41, 5.74) is 4.71. The number of hydrogen-bond acceptors (Lipinski definition) is 1. The third-order valence-corrected chi connectivity index (χ3v) is 2.33. The molecule has 0 aromatic carbocycles. The molecule has 1 aromatic rings. The summed E-state index contributed by atoms with van der Waals surface area (Å²) < 4.78 is 0. The Morgan fingerprint density at radius 1 is 1.09 bits per heavy atom. The van der Waals surface area contributed by atoms with E-state index in [4.69, 9.17) is 0 Å². The Hall–Kier alpha value is -0.820. The van der Waals surface area contributed by atoms with Gasteiger partial charge in [0.05, 0.1) is 0 Å². The van der Waals surface area contributed by atoms with E-state index in [9.17, 15) is 0 Å². The summed E-state index contributed by atoms with van der Waals surface area (Å²) in [6, 6.07) is 0. The number of hydrogen-bond donors (Lipinski definition) is 0. The second-order valence-electron chi connectivity index (χ2n) is 2.76. The van der Waals surface area contributed by atoms with Crippen LogP contribution in [0.3, 0.4) is 0 Å². The van der Waals surface area contributed by atoms with Crippen LogP contribution >= 0.6 is 11.3 Å². The van der Waals surface area contributed by atoms with E-state index >= 15 is 0 Å². The first kappa shape index (κ1) is 8.28. The zero-order chi connectivity index (χ0) is 8.43. The van der Waals surface area contributed by atoms with E-state index in [1.54, 1.807) is 11.3 Å². The van der Waals surface area contributed by atoms with Crippen LogP contribution in [0.4, 0.5) is 0 Å². The maximum Gasteiger partial charge on any atom is -0.00120 e. The first-order valence-corrected chi connectivity index (χ1v) is 4.45. The predicted molar refractivity (Wildman–Crippen MR) is 53.7 cm³/mol. The van der Waals surface area contributed by atoms with E-state index in [2.05, 4.69) is 23.9 Å². The Labute approximate surface area is 71.9 Å². The van der Waals surface area contributed by atoms with Crippen LogP contribution in [-0.4, -0.2) is 0 Å². The molecule has 11 heavy (non-hydrogen) atoms. The van der Waals surface area contributed by atoms with Gasteiger partial charge in [-0.05, 0) is 46.9 Å². The molecular weight excluding hydrogens is 152 g/mol. The molecule has 1 heteroatoms. The average molecular weight is 164 g/mol. The first-order chi connectivity index (χ1) is 5.13. The van der Waals surface area contributed by atoms with Crippen molar-refractivity contribution < 1.29 is 0 Å². The maximum absolute atomic E-state index is 3.91. The van der Waals surface area contributed by atoms with Gasteiger partial charge in [0.25, 0.3) is 0 Å². The molecule has 0 N–H and O–H groups in total. The Balaban J connectivity index is 3.16. The molecule has 0 spiro atoms. The molecule has 0 aliphatic heterocycles. The molecule has 0 bridgehead atoms. The summed E-state index contributed by atoms with van der Waals surface area (Å²) in [5.74, 6) is 0. The van der Waals surface area contributed by atoms with Gasteiger partial charge in [0.1, 0.15) is 0 Å². The third-order valence-electron chi connectivity index (χ3n) is 1.58. The van der Waals surface area contributed by atoms with E-state index in [0.717, 1.165) is 11.1 Å². The molecule has 58 valence electrons. The van der Waals surface area contributed by atoms with Gasteiger partial charge < -0.3 is 0 Å². The summed E-state index contributed by atoms with van der Waals surface area (Å²) >= 11 is 1.70. The van der Waals surface area contributed by atoms with Gasteiger partial charge in [-0.3, -0.25) is 0 Å². The first-order valence-electron chi connectivity index (χ1n) is 3.51. The highest BCUT2D eigenvalue weighted by Gasteiger charge is 2.03. The van der Waals surface area contributed by atoms with Crippen molar-refractivity contribution >= 4 is 22.5 Å². The lowest BCUT2D eigenvalue weighted by Gasteiger charge is -2.00. The smallest absolute Gasteiger partial charge is 0.00120 e. The van der Waals surface area contributed by atoms with Gasteiger partial charge in [-0.25, -0.2) is 0 Å². The predicted octanol–water partition coefficient (Wildman–Crippen LogP) is 3.81. The summed E-state index contributed by atoms with van der Waals surface area (Å²) in [6.07, 6.45) is 0. The van der Waals surface area contributed by atoms with E-state index in [0.29, 0.717) is 0 Å². The van der Waals surface area contributed by atoms with Gasteiger partial charge in [-0.1, -0.05) is 13.2 Å². The van der Waals surface area contributed by atoms with Gasteiger partial charge in [-0.15, -0.1) is 0 Å². The third kappa shape index (κ3) is 1.60. The van der Waals surface area contributed by atoms with Crippen LogP contribution in [0.25, 0.3) is 11.1 Å². The van der Waals surface area contributed by atoms with Gasteiger partial charge >= 0.3 is 0 Å². The normalized spacial score (nSPS) is 9.64. The van der Waals surface area contributed by atoms with Crippen molar-refractivity contribution in [3.8, 4) is 0 Å². The molecule has 0 unspecified atom stereocenters. The van der Waals surface area contributed by atoms with Gasteiger partial charge in [0.15, 0.2) is 0 Å². The molecule has 0 radical (unpaired) electrons. The standard InChI is InChI=1S/C10H12S/c1-7(2)9-5-11-6-10(9)8(3)4/h5-6H,1,3H2,2,4H3. The minimum atomic E-state index is 1.12. The molecule has 0 amide bonds. The minimum absolute atomic E-state index is 1.12. The molecular formula is C10H12S. The second-order valence-corrected chi connectivity index (χ2v) is 3.50. The molecule has 0 fully saturated rings. The van der Waals surface area contributed by atoms with Crippen molar-refractivity contribution in [3.63, 3.8) is 0 Å². The summed E-state index contributed by atoms with van der Waals surface area (Å²) in [6.45, 7) is 11.9. The van der Waals surface area contributed by atoms with E-state index in [1.807, 2.05) is 13.8 Å². The molecule has 0 saturated carbocycles. The highest BCUT2D eigenvalue weighted by molar-refractivity contribution is 7.08. The SMILES string of the molecule is C=C(C)c1cscc1C(=C)C. The minimum Gasteiger partial charge on any atom is -0.151 e. The maximum atomic E-state index is 3.91. The Kier molecular flexibility index (Phi) is 2.30. The monoisotopic (exact) mass is 164 g/mol. The van der Waals surface area contributed by atoms with E-state index in [-0.39, 0.29) is 0 Å². The Morgan fingerprint density at radius 3 is 1.73 bits per heavy atom. The van der Waals surface area contributed by atoms with Crippen LogP contribution in [0.1, 0.15) is 25.0 Å². The quantitative estimate of drug-likeness (QED) is 0.623. The molecule has 0 saturated heterocycles. The zero-order valence-electron chi connectivity index (χ0n) is 6.98. The summed E-state index contributed by atoms with van der Waals surface area (Å²) in [7, 11) is 0. The van der Waals surface area contributed by atoms with Gasteiger partial charge in [0.2, 0.25) is 0 Å². The van der Waals surface area contributed by atoms with Crippen LogP contribution in [0.2, 0.25) is 0 Å². The topological polar surface area (TPSA) is 0 Å². The summed E-state index contributed by atoms with van der Waals surface area (Å²) in [5, 5.41) is 4.23. The fraction of sp³-hybridized carbons (Fsp3) is 0.200. The van der Waals surface area contributed by atoms with Crippen LogP contribution in [0, 0.1) is 0 Å². The van der Waals surface area contributed by atoms with Gasteiger partial charge in [0, 0.05) is 0 Å². The fourth-order valence-electron chi connectivity index (χ4n) is 0.958. The Morgan fingerprint density at radius 2 is 1.45 bits per heavy atom. The highest BCUT2D eigenvalue weighted by Crippen LogP contribution is 2.26. The molecule has 0 nitrogen and oxygen atoms in total. The lowest BCUT2D eigenvalue weighted by molar-refractivity contribution is 1.59. The molecule has 0 aliphatic carbocycles. The van der Waals surface area contributed by atoms with Gasteiger partial charge in [-0.2, -0.15) is 11.3 Å². The molecule has 1 aromatic heterocycles. The summed E-state index contributed by atoms with van der Waals surface area (Å²) in [4.78, 5) is 0.